The van der Waals surface area contributed by atoms with E-state index in [0.717, 1.165) is 0 Å². The third-order valence-electron chi connectivity index (χ3n) is 3.29. The van der Waals surface area contributed by atoms with Crippen LogP contribution >= 0.6 is 23.1 Å². The maximum atomic E-state index is 12.6. The Morgan fingerprint density at radius 3 is 2.76 bits per heavy atom. The third-order valence-corrected chi connectivity index (χ3v) is 4.90. The Balaban J connectivity index is 2.56. The minimum Gasteiger partial charge on any atom is -0.496 e. The molecule has 7 nitrogen and oxygen atoms in total. The number of azide groups is 1. The second-order valence-electron chi connectivity index (χ2n) is 6.20. The van der Waals surface area contributed by atoms with E-state index in [2.05, 4.69) is 15.0 Å². The van der Waals surface area contributed by atoms with E-state index in [1.54, 1.807) is 12.1 Å². The highest BCUT2D eigenvalue weighted by molar-refractivity contribution is 7.04. The average molecular weight is 380 g/mol. The second-order valence-corrected chi connectivity index (χ2v) is 7.60. The van der Waals surface area contributed by atoms with Crippen LogP contribution in [0.1, 0.15) is 36.7 Å². The molecule has 0 aliphatic heterocycles. The Hall–Kier alpha value is -2.28. The standard InChI is InChI=1S/C16H18ClN5O2S/c1-16(2,3)22-9-10(8-19-21-18)15(25-22)20-14(23)12-7-11(17)5-6-13(12)24-4/h5-7,9H,8H2,1-4H3. The molecule has 1 aromatic heterocycles. The second kappa shape index (κ2) is 7.74. The molecule has 25 heavy (non-hydrogen) atoms. The van der Waals surface area contributed by atoms with E-state index >= 15 is 0 Å². The maximum absolute atomic E-state index is 12.6. The molecular weight excluding hydrogens is 362 g/mol. The molecule has 1 heterocycles. The molecular formula is C16H18ClN5O2S. The van der Waals surface area contributed by atoms with Crippen LogP contribution in [0.2, 0.25) is 5.02 Å². The van der Waals surface area contributed by atoms with Gasteiger partial charge in [-0.1, -0.05) is 16.7 Å². The molecule has 1 amide bonds. The van der Waals surface area contributed by atoms with E-state index in [1.165, 1.54) is 24.7 Å². The summed E-state index contributed by atoms with van der Waals surface area (Å²) in [5.41, 5.74) is 9.36. The zero-order valence-corrected chi connectivity index (χ0v) is 15.9. The zero-order valence-electron chi connectivity index (χ0n) is 14.4. The van der Waals surface area contributed by atoms with E-state index in [9.17, 15) is 4.79 Å². The van der Waals surface area contributed by atoms with Gasteiger partial charge in [-0.05, 0) is 56.0 Å². The van der Waals surface area contributed by atoms with E-state index in [0.29, 0.717) is 21.0 Å². The molecule has 0 fully saturated rings. The van der Waals surface area contributed by atoms with Crippen molar-refractivity contribution < 1.29 is 9.53 Å². The summed E-state index contributed by atoms with van der Waals surface area (Å²) in [6.45, 7) is 6.22. The molecule has 0 saturated carbocycles. The van der Waals surface area contributed by atoms with Gasteiger partial charge in [0.1, 0.15) is 10.4 Å². The normalized spacial score (nSPS) is 12.0. The van der Waals surface area contributed by atoms with Crippen LogP contribution in [0.3, 0.4) is 0 Å². The molecule has 0 N–H and O–H groups in total. The lowest BCUT2D eigenvalue weighted by molar-refractivity contribution is 0.0996. The predicted molar refractivity (Wildman–Crippen MR) is 98.1 cm³/mol. The van der Waals surface area contributed by atoms with Crippen molar-refractivity contribution in [1.82, 2.24) is 3.96 Å². The summed E-state index contributed by atoms with van der Waals surface area (Å²) in [7, 11) is 1.48. The summed E-state index contributed by atoms with van der Waals surface area (Å²) >= 11 is 7.31. The van der Waals surface area contributed by atoms with Crippen LogP contribution < -0.4 is 9.41 Å². The van der Waals surface area contributed by atoms with Gasteiger partial charge in [0.2, 0.25) is 0 Å². The molecule has 132 valence electrons. The number of amides is 1. The van der Waals surface area contributed by atoms with Gasteiger partial charge in [0.15, 0.2) is 0 Å². The van der Waals surface area contributed by atoms with Crippen LogP contribution in [-0.4, -0.2) is 17.0 Å². The number of nitrogens with zero attached hydrogens (tertiary/aromatic N) is 5. The molecule has 2 aromatic rings. The van der Waals surface area contributed by atoms with Crippen LogP contribution in [0.15, 0.2) is 34.5 Å². The third kappa shape index (κ3) is 4.63. The van der Waals surface area contributed by atoms with Gasteiger partial charge in [-0.15, -0.1) is 0 Å². The van der Waals surface area contributed by atoms with Gasteiger partial charge >= 0.3 is 0 Å². The van der Waals surface area contributed by atoms with Gasteiger partial charge in [-0.2, -0.15) is 4.99 Å². The van der Waals surface area contributed by atoms with Crippen LogP contribution in [0.25, 0.3) is 10.4 Å². The average Bonchev–Trinajstić information content (AvgIpc) is 2.95. The number of aromatic nitrogens is 1. The van der Waals surface area contributed by atoms with Crippen molar-refractivity contribution in [2.24, 2.45) is 10.1 Å². The van der Waals surface area contributed by atoms with E-state index in [1.807, 2.05) is 30.9 Å². The molecule has 0 unspecified atom stereocenters. The van der Waals surface area contributed by atoms with Crippen LogP contribution in [0, 0.1) is 0 Å². The first kappa shape index (κ1) is 19.1. The minimum atomic E-state index is -0.468. The number of carbonyl (C=O) groups excluding carboxylic acids is 1. The Bertz CT molecular complexity index is 904. The molecule has 0 atom stereocenters. The zero-order chi connectivity index (χ0) is 18.6. The first-order valence-corrected chi connectivity index (χ1v) is 8.57. The van der Waals surface area contributed by atoms with Crippen molar-refractivity contribution in [3.8, 4) is 5.75 Å². The van der Waals surface area contributed by atoms with Gasteiger partial charge in [0, 0.05) is 27.2 Å². The van der Waals surface area contributed by atoms with Crippen molar-refractivity contribution in [2.45, 2.75) is 32.9 Å². The van der Waals surface area contributed by atoms with Gasteiger partial charge in [0.25, 0.3) is 5.91 Å². The highest BCUT2D eigenvalue weighted by atomic mass is 35.5. The lowest BCUT2D eigenvalue weighted by Crippen LogP contribution is -2.18. The molecule has 0 saturated heterocycles. The number of hydrogen-bond donors (Lipinski definition) is 0. The van der Waals surface area contributed by atoms with Gasteiger partial charge < -0.3 is 4.74 Å². The van der Waals surface area contributed by atoms with E-state index < -0.39 is 5.91 Å². The Morgan fingerprint density at radius 1 is 1.44 bits per heavy atom. The number of benzene rings is 1. The van der Waals surface area contributed by atoms with Crippen molar-refractivity contribution in [3.63, 3.8) is 0 Å². The van der Waals surface area contributed by atoms with Crippen molar-refractivity contribution in [1.29, 1.82) is 0 Å². The molecule has 0 bridgehead atoms. The topological polar surface area (TPSA) is 92.3 Å². The number of hydrogen-bond acceptors (Lipinski definition) is 4. The van der Waals surface area contributed by atoms with Gasteiger partial charge in [-0.3, -0.25) is 8.75 Å². The van der Waals surface area contributed by atoms with E-state index in [-0.39, 0.29) is 17.6 Å². The quantitative estimate of drug-likeness (QED) is 0.443. The van der Waals surface area contributed by atoms with Gasteiger partial charge in [0.05, 0.1) is 19.2 Å². The monoisotopic (exact) mass is 379 g/mol. The van der Waals surface area contributed by atoms with E-state index in [4.69, 9.17) is 21.9 Å². The first-order chi connectivity index (χ1) is 11.8. The van der Waals surface area contributed by atoms with Gasteiger partial charge in [-0.25, -0.2) is 0 Å². The summed E-state index contributed by atoms with van der Waals surface area (Å²) in [5, 5.41) is 4.00. The Kier molecular flexibility index (Phi) is 5.89. The fourth-order valence-electron chi connectivity index (χ4n) is 2.01. The smallest absolute Gasteiger partial charge is 0.282 e. The molecule has 0 radical (unpaired) electrons. The lowest BCUT2D eigenvalue weighted by atomic mass is 10.1. The molecule has 2 rings (SSSR count). The fraction of sp³-hybridized carbons (Fsp3) is 0.375. The van der Waals surface area contributed by atoms with Crippen LogP contribution in [-0.2, 0) is 12.1 Å². The molecule has 0 aliphatic rings. The molecule has 0 spiro atoms. The highest BCUT2D eigenvalue weighted by Crippen LogP contribution is 2.23. The summed E-state index contributed by atoms with van der Waals surface area (Å²) in [5.74, 6) is -0.0700. The number of carbonyl (C=O) groups is 1. The Morgan fingerprint density at radius 2 is 2.16 bits per heavy atom. The molecule has 0 aliphatic carbocycles. The SMILES string of the molecule is COc1ccc(Cl)cc1C(=O)N=c1sn(C(C)(C)C)cc1CN=[N+]=[N-]. The van der Waals surface area contributed by atoms with Crippen molar-refractivity contribution >= 4 is 29.0 Å². The first-order valence-electron chi connectivity index (χ1n) is 7.42. The van der Waals surface area contributed by atoms with Crippen LogP contribution in [0.4, 0.5) is 0 Å². The molecule has 1 aromatic carbocycles. The number of methoxy groups -OCH3 is 1. The van der Waals surface area contributed by atoms with Crippen molar-refractivity contribution in [2.75, 3.05) is 7.11 Å². The van der Waals surface area contributed by atoms with Crippen molar-refractivity contribution in [3.05, 3.63) is 55.7 Å². The predicted octanol–water partition coefficient (Wildman–Crippen LogP) is 4.52. The summed E-state index contributed by atoms with van der Waals surface area (Å²) in [4.78, 5) is 19.6. The Labute approximate surface area is 154 Å². The summed E-state index contributed by atoms with van der Waals surface area (Å²) < 4.78 is 7.67. The number of halogens is 1. The number of rotatable bonds is 4. The maximum Gasteiger partial charge on any atom is 0.282 e. The fourth-order valence-corrected chi connectivity index (χ4v) is 3.18. The number of ether oxygens (including phenoxy) is 1. The highest BCUT2D eigenvalue weighted by Gasteiger charge is 2.17. The largest absolute Gasteiger partial charge is 0.496 e. The summed E-state index contributed by atoms with van der Waals surface area (Å²) in [6.07, 6.45) is 1.85. The summed E-state index contributed by atoms with van der Waals surface area (Å²) in [6, 6.07) is 4.78. The van der Waals surface area contributed by atoms with Crippen LogP contribution in [0.5, 0.6) is 5.75 Å². The molecule has 9 heteroatoms. The minimum absolute atomic E-state index is 0.120. The lowest BCUT2D eigenvalue weighted by Gasteiger charge is -2.19.